The number of aromatic nitrogens is 4. The summed E-state index contributed by atoms with van der Waals surface area (Å²) < 4.78 is 10.7. The highest BCUT2D eigenvalue weighted by Gasteiger charge is 2.13. The van der Waals surface area contributed by atoms with E-state index in [9.17, 15) is 0 Å². The second-order valence-corrected chi connectivity index (χ2v) is 5.42. The van der Waals surface area contributed by atoms with Crippen LogP contribution in [0, 0.1) is 0 Å². The van der Waals surface area contributed by atoms with Crippen LogP contribution in [-0.4, -0.2) is 27.0 Å². The summed E-state index contributed by atoms with van der Waals surface area (Å²) in [4.78, 5) is 8.49. The maximum Gasteiger partial charge on any atom is 0.244 e. The molecule has 3 aromatic rings. The minimum atomic E-state index is 0.268. The summed E-state index contributed by atoms with van der Waals surface area (Å²) in [5.41, 5.74) is 2.11. The summed E-state index contributed by atoms with van der Waals surface area (Å²) in [7, 11) is 0. The van der Waals surface area contributed by atoms with Crippen LogP contribution in [0.5, 0.6) is 11.5 Å². The fourth-order valence-electron chi connectivity index (χ4n) is 2.39. The number of rotatable bonds is 6. The largest absolute Gasteiger partial charge is 0.454 e. The van der Waals surface area contributed by atoms with E-state index in [1.807, 2.05) is 30.3 Å². The van der Waals surface area contributed by atoms with Crippen LogP contribution in [0.3, 0.4) is 0 Å². The predicted octanol–water partition coefficient (Wildman–Crippen LogP) is 2.22. The first-order valence-electron chi connectivity index (χ1n) is 7.82. The molecule has 1 aromatic carbocycles. The molecule has 0 aliphatic carbocycles. The second kappa shape index (κ2) is 7.00. The Kier molecular flexibility index (Phi) is 4.23. The molecule has 0 saturated carbocycles. The highest BCUT2D eigenvalue weighted by molar-refractivity contribution is 5.45. The lowest BCUT2D eigenvalue weighted by atomic mass is 10.2. The van der Waals surface area contributed by atoms with E-state index in [-0.39, 0.29) is 6.79 Å². The molecule has 8 heteroatoms. The van der Waals surface area contributed by atoms with E-state index in [0.717, 1.165) is 22.6 Å². The lowest BCUT2D eigenvalue weighted by Gasteiger charge is -2.08. The highest BCUT2D eigenvalue weighted by atomic mass is 16.7. The molecule has 0 radical (unpaired) electrons. The molecule has 25 heavy (non-hydrogen) atoms. The molecular formula is C17H16N6O2. The third-order valence-corrected chi connectivity index (χ3v) is 3.64. The van der Waals surface area contributed by atoms with Gasteiger partial charge in [-0.15, -0.1) is 5.10 Å². The van der Waals surface area contributed by atoms with Gasteiger partial charge in [0.2, 0.25) is 12.7 Å². The van der Waals surface area contributed by atoms with Gasteiger partial charge in [-0.05, 0) is 29.3 Å². The maximum absolute atomic E-state index is 5.38. The van der Waals surface area contributed by atoms with Crippen LogP contribution < -0.4 is 20.1 Å². The molecule has 126 valence electrons. The topological polar surface area (TPSA) is 94.1 Å². The van der Waals surface area contributed by atoms with Crippen LogP contribution in [0.4, 0.5) is 11.8 Å². The molecule has 0 bridgehead atoms. The maximum atomic E-state index is 5.38. The SMILES string of the molecule is c1cncc(CNc2cnnc(NCc3ccc4c(c3)OCO4)n2)c1. The molecule has 0 unspecified atom stereocenters. The second-order valence-electron chi connectivity index (χ2n) is 5.42. The number of pyridine rings is 1. The molecule has 1 aliphatic heterocycles. The van der Waals surface area contributed by atoms with Gasteiger partial charge in [0.25, 0.3) is 0 Å². The molecule has 0 fully saturated rings. The molecule has 2 N–H and O–H groups in total. The number of nitrogens with one attached hydrogen (secondary N) is 2. The molecular weight excluding hydrogens is 320 g/mol. The Hall–Kier alpha value is -3.42. The molecule has 0 amide bonds. The summed E-state index contributed by atoms with van der Waals surface area (Å²) >= 11 is 0. The molecule has 3 heterocycles. The molecule has 0 saturated heterocycles. The van der Waals surface area contributed by atoms with Gasteiger partial charge in [0, 0.05) is 25.5 Å². The summed E-state index contributed by atoms with van der Waals surface area (Å²) in [5, 5.41) is 14.3. The van der Waals surface area contributed by atoms with E-state index in [0.29, 0.717) is 24.9 Å². The smallest absolute Gasteiger partial charge is 0.244 e. The number of hydrogen-bond donors (Lipinski definition) is 2. The van der Waals surface area contributed by atoms with Gasteiger partial charge in [-0.25, -0.2) is 0 Å². The van der Waals surface area contributed by atoms with Gasteiger partial charge in [0.15, 0.2) is 17.3 Å². The van der Waals surface area contributed by atoms with Gasteiger partial charge in [-0.1, -0.05) is 12.1 Å². The van der Waals surface area contributed by atoms with Gasteiger partial charge < -0.3 is 20.1 Å². The first-order chi connectivity index (χ1) is 12.4. The normalized spacial score (nSPS) is 12.0. The third-order valence-electron chi connectivity index (χ3n) is 3.64. The van der Waals surface area contributed by atoms with Gasteiger partial charge in [0.1, 0.15) is 0 Å². The van der Waals surface area contributed by atoms with Crippen LogP contribution in [0.2, 0.25) is 0 Å². The molecule has 1 aliphatic rings. The predicted molar refractivity (Wildman–Crippen MR) is 91.3 cm³/mol. The van der Waals surface area contributed by atoms with Crippen LogP contribution in [0.1, 0.15) is 11.1 Å². The standard InChI is InChI=1S/C17H16N6O2/c1-2-13(7-18-5-1)9-19-16-10-21-23-17(22-16)20-8-12-3-4-14-15(6-12)25-11-24-14/h1-7,10H,8-9,11H2,(H2,19,20,22,23). The number of ether oxygens (including phenoxy) is 2. The number of hydrogen-bond acceptors (Lipinski definition) is 8. The minimum absolute atomic E-state index is 0.268. The molecule has 2 aromatic heterocycles. The Morgan fingerprint density at radius 1 is 0.960 bits per heavy atom. The number of fused-ring (bicyclic) bond motifs is 1. The zero-order valence-corrected chi connectivity index (χ0v) is 13.3. The molecule has 0 atom stereocenters. The number of nitrogens with zero attached hydrogens (tertiary/aromatic N) is 4. The molecule has 4 rings (SSSR count). The average Bonchev–Trinajstić information content (AvgIpc) is 3.14. The first-order valence-corrected chi connectivity index (χ1v) is 7.82. The van der Waals surface area contributed by atoms with Crippen molar-refractivity contribution >= 4 is 11.8 Å². The van der Waals surface area contributed by atoms with E-state index in [4.69, 9.17) is 9.47 Å². The summed E-state index contributed by atoms with van der Waals surface area (Å²) in [6.45, 7) is 1.45. The zero-order chi connectivity index (χ0) is 16.9. The number of benzene rings is 1. The lowest BCUT2D eigenvalue weighted by Crippen LogP contribution is -2.08. The van der Waals surface area contributed by atoms with E-state index in [2.05, 4.69) is 30.8 Å². The fourth-order valence-corrected chi connectivity index (χ4v) is 2.39. The monoisotopic (exact) mass is 336 g/mol. The summed E-state index contributed by atoms with van der Waals surface area (Å²) in [6.07, 6.45) is 5.14. The first kappa shape index (κ1) is 15.1. The summed E-state index contributed by atoms with van der Waals surface area (Å²) in [5.74, 6) is 2.62. The van der Waals surface area contributed by atoms with Crippen molar-refractivity contribution in [1.82, 2.24) is 20.2 Å². The van der Waals surface area contributed by atoms with Gasteiger partial charge >= 0.3 is 0 Å². The number of anilines is 2. The Balaban J connectivity index is 1.36. The molecule has 8 nitrogen and oxygen atoms in total. The van der Waals surface area contributed by atoms with Crippen molar-refractivity contribution in [3.8, 4) is 11.5 Å². The van der Waals surface area contributed by atoms with E-state index in [1.165, 1.54) is 0 Å². The van der Waals surface area contributed by atoms with Crippen molar-refractivity contribution in [1.29, 1.82) is 0 Å². The van der Waals surface area contributed by atoms with Crippen LogP contribution >= 0.6 is 0 Å². The third kappa shape index (κ3) is 3.74. The van der Waals surface area contributed by atoms with Crippen molar-refractivity contribution < 1.29 is 9.47 Å². The fraction of sp³-hybridized carbons (Fsp3) is 0.176. The lowest BCUT2D eigenvalue weighted by molar-refractivity contribution is 0.174. The van der Waals surface area contributed by atoms with Crippen molar-refractivity contribution in [2.45, 2.75) is 13.1 Å². The van der Waals surface area contributed by atoms with E-state index in [1.54, 1.807) is 18.6 Å². The van der Waals surface area contributed by atoms with Crippen LogP contribution in [-0.2, 0) is 13.1 Å². The van der Waals surface area contributed by atoms with Crippen molar-refractivity contribution in [2.75, 3.05) is 17.4 Å². The van der Waals surface area contributed by atoms with Crippen LogP contribution in [0.15, 0.2) is 48.9 Å². The minimum Gasteiger partial charge on any atom is -0.454 e. The van der Waals surface area contributed by atoms with Crippen LogP contribution in [0.25, 0.3) is 0 Å². The zero-order valence-electron chi connectivity index (χ0n) is 13.3. The van der Waals surface area contributed by atoms with Gasteiger partial charge in [-0.2, -0.15) is 10.1 Å². The van der Waals surface area contributed by atoms with Crippen molar-refractivity contribution in [3.63, 3.8) is 0 Å². The highest BCUT2D eigenvalue weighted by Crippen LogP contribution is 2.32. The van der Waals surface area contributed by atoms with E-state index >= 15 is 0 Å². The van der Waals surface area contributed by atoms with Crippen molar-refractivity contribution in [3.05, 3.63) is 60.0 Å². The van der Waals surface area contributed by atoms with Gasteiger partial charge in [0.05, 0.1) is 6.20 Å². The Bertz CT molecular complexity index is 859. The Labute approximate surface area is 144 Å². The quantitative estimate of drug-likeness (QED) is 0.708. The summed E-state index contributed by atoms with van der Waals surface area (Å²) in [6, 6.07) is 9.69. The van der Waals surface area contributed by atoms with Gasteiger partial charge in [-0.3, -0.25) is 4.98 Å². The van der Waals surface area contributed by atoms with Crippen molar-refractivity contribution in [2.24, 2.45) is 0 Å². The Morgan fingerprint density at radius 3 is 2.80 bits per heavy atom. The Morgan fingerprint density at radius 2 is 1.88 bits per heavy atom. The molecule has 0 spiro atoms. The average molecular weight is 336 g/mol. The van der Waals surface area contributed by atoms with E-state index < -0.39 is 0 Å².